The minimum Gasteiger partial charge on any atom is -0.451 e. The van der Waals surface area contributed by atoms with E-state index in [1.807, 2.05) is 98.0 Å². The van der Waals surface area contributed by atoms with Crippen LogP contribution in [0.25, 0.3) is 10.9 Å². The molecule has 2 aromatic heterocycles. The Kier molecular flexibility index (Phi) is 12.7. The largest absolute Gasteiger partial charge is 0.451 e. The molecule has 0 radical (unpaired) electrons. The first kappa shape index (κ1) is 36.4. The molecule has 1 fully saturated rings. The lowest BCUT2D eigenvalue weighted by atomic mass is 9.83. The summed E-state index contributed by atoms with van der Waals surface area (Å²) in [4.78, 5) is 24.2. The Morgan fingerprint density at radius 2 is 1.43 bits per heavy atom. The van der Waals surface area contributed by atoms with Gasteiger partial charge in [-0.05, 0) is 56.8 Å². The highest BCUT2D eigenvalue weighted by Gasteiger charge is 2.55. The Hall–Kier alpha value is -4.36. The molecule has 7 atom stereocenters. The first-order chi connectivity index (χ1) is 24.9. The zero-order chi connectivity index (χ0) is 35.6. The van der Waals surface area contributed by atoms with Gasteiger partial charge in [-0.2, -0.15) is 0 Å². The second-order valence-corrected chi connectivity index (χ2v) is 13.0. The molecular weight excluding hydrogens is 648 g/mol. The van der Waals surface area contributed by atoms with Gasteiger partial charge in [0.15, 0.2) is 6.10 Å². The fraction of sp³-hybridized carbons (Fsp3) is 0.400. The third-order valence-electron chi connectivity index (χ3n) is 9.26. The van der Waals surface area contributed by atoms with Gasteiger partial charge in [-0.15, -0.1) is 0 Å². The van der Waals surface area contributed by atoms with Crippen LogP contribution in [0.2, 0.25) is 0 Å². The van der Waals surface area contributed by atoms with Gasteiger partial charge in [0.1, 0.15) is 30.5 Å². The number of rotatable bonds is 17. The van der Waals surface area contributed by atoms with Crippen molar-refractivity contribution >= 4 is 16.9 Å². The molecule has 270 valence electrons. The zero-order valence-corrected chi connectivity index (χ0v) is 29.2. The molecule has 11 nitrogen and oxygen atoms in total. The number of nitrogens with two attached hydrogens (primary N) is 1. The number of carbonyl (C=O) groups excluding carboxylic acids is 1. The van der Waals surface area contributed by atoms with Gasteiger partial charge < -0.3 is 44.5 Å². The van der Waals surface area contributed by atoms with Crippen LogP contribution in [-0.4, -0.2) is 75.8 Å². The van der Waals surface area contributed by atoms with Gasteiger partial charge >= 0.3 is 5.97 Å². The lowest BCUT2D eigenvalue weighted by Crippen LogP contribution is -2.67. The smallest absolute Gasteiger partial charge is 0.374 e. The van der Waals surface area contributed by atoms with Crippen molar-refractivity contribution in [1.82, 2.24) is 15.0 Å². The maximum Gasteiger partial charge on any atom is 0.374 e. The van der Waals surface area contributed by atoms with Gasteiger partial charge in [0.2, 0.25) is 5.82 Å². The van der Waals surface area contributed by atoms with Gasteiger partial charge in [-0.1, -0.05) is 78.9 Å². The van der Waals surface area contributed by atoms with Crippen molar-refractivity contribution in [2.75, 3.05) is 13.2 Å². The number of nitrogens with zero attached hydrogens (tertiary/aromatic N) is 1. The van der Waals surface area contributed by atoms with E-state index in [0.29, 0.717) is 18.8 Å². The Balaban J connectivity index is 1.38. The number of aromatic amines is 2. The number of aliphatic hydroxyl groups is 1. The number of hydrogen-bond acceptors (Lipinski definition) is 9. The number of H-pyrrole nitrogens is 2. The molecule has 11 heteroatoms. The molecule has 5 aromatic rings. The molecular formula is C40H48N4O7. The lowest BCUT2D eigenvalue weighted by Gasteiger charge is -2.48. The van der Waals surface area contributed by atoms with Crippen molar-refractivity contribution in [3.63, 3.8) is 0 Å². The van der Waals surface area contributed by atoms with E-state index in [1.54, 1.807) is 13.1 Å². The summed E-state index contributed by atoms with van der Waals surface area (Å²) in [6, 6.07) is 27.4. The van der Waals surface area contributed by atoms with Crippen LogP contribution in [0.5, 0.6) is 0 Å². The van der Waals surface area contributed by atoms with E-state index < -0.39 is 48.7 Å². The number of aromatic nitrogens is 3. The summed E-state index contributed by atoms with van der Waals surface area (Å²) < 4.78 is 32.9. The number of benzene rings is 3. The second kappa shape index (κ2) is 17.7. The first-order valence-corrected chi connectivity index (χ1v) is 17.7. The average Bonchev–Trinajstić information content (AvgIpc) is 3.80. The number of unbranched alkanes of at least 4 members (excludes halogenated alkanes) is 2. The molecule has 51 heavy (non-hydrogen) atoms. The van der Waals surface area contributed by atoms with Crippen LogP contribution in [0.15, 0.2) is 97.3 Å². The number of ether oxygens (including phenoxy) is 5. The number of imidazole rings is 1. The maximum atomic E-state index is 13.7. The van der Waals surface area contributed by atoms with Crippen molar-refractivity contribution in [3.05, 3.63) is 126 Å². The summed E-state index contributed by atoms with van der Waals surface area (Å²) in [5, 5.41) is 13.3. The number of esters is 1. The van der Waals surface area contributed by atoms with E-state index in [4.69, 9.17) is 29.4 Å². The van der Waals surface area contributed by atoms with Gasteiger partial charge in [-0.25, -0.2) is 9.78 Å². The fourth-order valence-electron chi connectivity index (χ4n) is 6.61. The van der Waals surface area contributed by atoms with Gasteiger partial charge in [0.25, 0.3) is 0 Å². The number of aliphatic hydroxyl groups excluding tert-OH is 1. The van der Waals surface area contributed by atoms with Gasteiger partial charge in [-0.3, -0.25) is 0 Å². The number of aryl methyl sites for hydroxylation is 1. The van der Waals surface area contributed by atoms with Crippen LogP contribution in [0.4, 0.5) is 0 Å². The molecule has 7 unspecified atom stereocenters. The number of para-hydroxylation sites is 1. The van der Waals surface area contributed by atoms with Crippen LogP contribution in [0.1, 0.15) is 65.3 Å². The highest BCUT2D eigenvalue weighted by Crippen LogP contribution is 2.37. The molecule has 1 aliphatic rings. The summed E-state index contributed by atoms with van der Waals surface area (Å²) in [7, 11) is 0. The molecule has 5 N–H and O–H groups in total. The highest BCUT2D eigenvalue weighted by atomic mass is 16.6. The van der Waals surface area contributed by atoms with E-state index in [9.17, 15) is 9.90 Å². The van der Waals surface area contributed by atoms with E-state index in [0.717, 1.165) is 46.9 Å². The molecule has 2 heterocycles. The quantitative estimate of drug-likeness (QED) is 0.0684. The standard InChI is InChI=1S/C40H48N4O7/c1-26-22-43-39(44-26)40(46)51-38-35(50-27(2)31-23-42-32-19-11-10-18-30(31)32)33(45)34(47-21-13-5-12-20-41)36(48-24-28-14-6-3-7-15-28)37(38)49-25-29-16-8-4-9-17-29/h3-4,6-11,14-19,22-23,27,33-38,42,45H,5,12-13,20-21,24-25,41H2,1-2H3,(H,43,44). The highest BCUT2D eigenvalue weighted by molar-refractivity contribution is 5.85. The molecule has 0 saturated heterocycles. The van der Waals surface area contributed by atoms with E-state index in [-0.39, 0.29) is 19.0 Å². The van der Waals surface area contributed by atoms with E-state index in [2.05, 4.69) is 15.0 Å². The molecule has 0 bridgehead atoms. The Bertz CT molecular complexity index is 1800. The SMILES string of the molecule is Cc1c[nH]c(C(=O)OC2C(OC(C)c3c[nH]c4ccccc34)C(O)C(OCCCCCN)C(OCc3ccccc3)C2OCc2ccccc2)n1. The van der Waals surface area contributed by atoms with E-state index in [1.165, 1.54) is 0 Å². The van der Waals surface area contributed by atoms with Crippen molar-refractivity contribution in [3.8, 4) is 0 Å². The van der Waals surface area contributed by atoms with Crippen molar-refractivity contribution < 1.29 is 33.6 Å². The summed E-state index contributed by atoms with van der Waals surface area (Å²) in [6.45, 7) is 5.05. The molecule has 0 amide bonds. The zero-order valence-electron chi connectivity index (χ0n) is 29.2. The van der Waals surface area contributed by atoms with Crippen molar-refractivity contribution in [2.45, 2.75) is 89.1 Å². The summed E-state index contributed by atoms with van der Waals surface area (Å²) in [6.07, 6.45) is -0.593. The molecule has 1 aliphatic carbocycles. The van der Waals surface area contributed by atoms with Gasteiger partial charge in [0, 0.05) is 35.5 Å². The number of carbonyl (C=O) groups is 1. The molecule has 1 saturated carbocycles. The molecule has 0 aliphatic heterocycles. The van der Waals surface area contributed by atoms with Gasteiger partial charge in [0.05, 0.1) is 25.0 Å². The monoisotopic (exact) mass is 696 g/mol. The molecule has 3 aromatic carbocycles. The van der Waals surface area contributed by atoms with Crippen LogP contribution in [0.3, 0.4) is 0 Å². The second-order valence-electron chi connectivity index (χ2n) is 13.0. The van der Waals surface area contributed by atoms with Crippen LogP contribution in [-0.2, 0) is 36.9 Å². The summed E-state index contributed by atoms with van der Waals surface area (Å²) in [5.74, 6) is -0.669. The average molecular weight is 697 g/mol. The first-order valence-electron chi connectivity index (χ1n) is 17.7. The Morgan fingerprint density at radius 1 is 0.784 bits per heavy atom. The molecule has 6 rings (SSSR count). The fourth-order valence-corrected chi connectivity index (χ4v) is 6.61. The third kappa shape index (κ3) is 9.12. The Labute approximate surface area is 298 Å². The number of hydrogen-bond donors (Lipinski definition) is 4. The third-order valence-corrected chi connectivity index (χ3v) is 9.26. The summed E-state index contributed by atoms with van der Waals surface area (Å²) >= 11 is 0. The number of fused-ring (bicyclic) bond motifs is 1. The normalized spacial score (nSPS) is 22.6. The van der Waals surface area contributed by atoms with Crippen LogP contribution < -0.4 is 5.73 Å². The van der Waals surface area contributed by atoms with Crippen molar-refractivity contribution in [1.29, 1.82) is 0 Å². The lowest BCUT2D eigenvalue weighted by molar-refractivity contribution is -0.275. The van der Waals surface area contributed by atoms with Crippen molar-refractivity contribution in [2.24, 2.45) is 5.73 Å². The predicted molar refractivity (Wildman–Crippen MR) is 193 cm³/mol. The minimum absolute atomic E-state index is 0.0345. The number of nitrogens with one attached hydrogen (secondary N) is 2. The van der Waals surface area contributed by atoms with E-state index >= 15 is 0 Å². The summed E-state index contributed by atoms with van der Waals surface area (Å²) in [5.41, 5.74) is 10.1. The predicted octanol–water partition coefficient (Wildman–Crippen LogP) is 5.93. The van der Waals surface area contributed by atoms with Crippen LogP contribution in [0, 0.1) is 6.92 Å². The topological polar surface area (TPSA) is 154 Å². The minimum atomic E-state index is -1.26. The van der Waals surface area contributed by atoms with Crippen LogP contribution >= 0.6 is 0 Å². The maximum absolute atomic E-state index is 13.7. The Morgan fingerprint density at radius 3 is 2.08 bits per heavy atom. The molecule has 0 spiro atoms.